The van der Waals surface area contributed by atoms with Crippen molar-refractivity contribution in [3.63, 3.8) is 0 Å². The van der Waals surface area contributed by atoms with Gasteiger partial charge in [-0.05, 0) is 36.2 Å². The molecule has 1 amide bonds. The number of hydrogen-bond acceptors (Lipinski definition) is 4. The number of fused-ring (bicyclic) bond motifs is 1. The Morgan fingerprint density at radius 1 is 1.14 bits per heavy atom. The van der Waals surface area contributed by atoms with Crippen LogP contribution in [-0.4, -0.2) is 42.1 Å². The maximum atomic E-state index is 13.4. The number of halogens is 4. The highest BCUT2D eigenvalue weighted by atomic mass is 35.5. The van der Waals surface area contributed by atoms with E-state index in [1.807, 2.05) is 38.4 Å². The molecule has 0 saturated heterocycles. The zero-order valence-corrected chi connectivity index (χ0v) is 19.5. The number of amides is 1. The lowest BCUT2D eigenvalue weighted by Gasteiger charge is -2.34. The van der Waals surface area contributed by atoms with Gasteiger partial charge in [0.1, 0.15) is 0 Å². The van der Waals surface area contributed by atoms with E-state index in [-0.39, 0.29) is 28.2 Å². The lowest BCUT2D eigenvalue weighted by molar-refractivity contribution is -0.137. The smallest absolute Gasteiger partial charge is 0.332 e. The second-order valence-corrected chi connectivity index (χ2v) is 8.93. The summed E-state index contributed by atoms with van der Waals surface area (Å²) in [6.07, 6.45) is -1.43. The Morgan fingerprint density at radius 3 is 2.63 bits per heavy atom. The molecule has 5 rings (SSSR count). The van der Waals surface area contributed by atoms with Gasteiger partial charge in [0.15, 0.2) is 5.69 Å². The minimum atomic E-state index is -4.57. The van der Waals surface area contributed by atoms with Gasteiger partial charge in [0, 0.05) is 42.3 Å². The number of hydrogen-bond donors (Lipinski definition) is 0. The van der Waals surface area contributed by atoms with Gasteiger partial charge in [0.25, 0.3) is 5.91 Å². The van der Waals surface area contributed by atoms with E-state index in [1.54, 1.807) is 9.58 Å². The number of carbonyl (C=O) groups is 1. The zero-order valence-electron chi connectivity index (χ0n) is 18.8. The molecular formula is C24H20ClF3N6O. The molecule has 11 heteroatoms. The molecule has 4 aromatic rings. The van der Waals surface area contributed by atoms with Gasteiger partial charge in [-0.15, -0.1) is 5.10 Å². The van der Waals surface area contributed by atoms with E-state index < -0.39 is 11.7 Å². The molecule has 180 valence electrons. The van der Waals surface area contributed by atoms with Crippen molar-refractivity contribution in [2.24, 2.45) is 7.05 Å². The molecule has 2 aromatic heterocycles. The number of rotatable bonds is 3. The minimum Gasteiger partial charge on any atom is -0.332 e. The van der Waals surface area contributed by atoms with Crippen LogP contribution in [0.2, 0.25) is 5.02 Å². The predicted molar refractivity (Wildman–Crippen MR) is 122 cm³/mol. The van der Waals surface area contributed by atoms with Crippen molar-refractivity contribution in [1.82, 2.24) is 29.7 Å². The SMILES string of the molecule is Cc1c(C2CN(C(=O)c3cn(-c4cc(Cl)cc(C(F)(F)F)c4)nn3)Cc3ccccc32)cnn1C. The van der Waals surface area contributed by atoms with Gasteiger partial charge < -0.3 is 4.90 Å². The Balaban J connectivity index is 1.46. The van der Waals surface area contributed by atoms with Crippen LogP contribution in [0.1, 0.15) is 44.4 Å². The minimum absolute atomic E-state index is 0.0274. The summed E-state index contributed by atoms with van der Waals surface area (Å²) in [7, 11) is 1.87. The number of aromatic nitrogens is 5. The molecule has 35 heavy (non-hydrogen) atoms. The molecule has 0 fully saturated rings. The van der Waals surface area contributed by atoms with Crippen LogP contribution in [-0.2, 0) is 19.8 Å². The van der Waals surface area contributed by atoms with Crippen LogP contribution in [0.15, 0.2) is 54.9 Å². The highest BCUT2D eigenvalue weighted by molar-refractivity contribution is 6.30. The van der Waals surface area contributed by atoms with Crippen molar-refractivity contribution >= 4 is 17.5 Å². The van der Waals surface area contributed by atoms with Gasteiger partial charge in [-0.2, -0.15) is 18.3 Å². The van der Waals surface area contributed by atoms with Crippen molar-refractivity contribution in [2.45, 2.75) is 25.6 Å². The molecule has 0 bridgehead atoms. The first kappa shape index (κ1) is 23.1. The largest absolute Gasteiger partial charge is 0.416 e. The van der Waals surface area contributed by atoms with Gasteiger partial charge in [-0.25, -0.2) is 4.68 Å². The Kier molecular flexibility index (Phi) is 5.63. The number of alkyl halides is 3. The molecular weight excluding hydrogens is 481 g/mol. The summed E-state index contributed by atoms with van der Waals surface area (Å²) in [5.41, 5.74) is 3.35. The van der Waals surface area contributed by atoms with Crippen LogP contribution in [0.5, 0.6) is 0 Å². The summed E-state index contributed by atoms with van der Waals surface area (Å²) < 4.78 is 42.5. The monoisotopic (exact) mass is 500 g/mol. The van der Waals surface area contributed by atoms with E-state index in [0.717, 1.165) is 39.2 Å². The molecule has 2 aromatic carbocycles. The first-order valence-electron chi connectivity index (χ1n) is 10.8. The summed E-state index contributed by atoms with van der Waals surface area (Å²) in [4.78, 5) is 15.1. The molecule has 0 N–H and O–H groups in total. The van der Waals surface area contributed by atoms with Crippen LogP contribution in [0.4, 0.5) is 13.2 Å². The summed E-state index contributed by atoms with van der Waals surface area (Å²) >= 11 is 5.89. The van der Waals surface area contributed by atoms with Crippen molar-refractivity contribution in [2.75, 3.05) is 6.54 Å². The molecule has 0 spiro atoms. The molecule has 7 nitrogen and oxygen atoms in total. The van der Waals surface area contributed by atoms with Crippen molar-refractivity contribution in [1.29, 1.82) is 0 Å². The average molecular weight is 501 g/mol. The topological polar surface area (TPSA) is 68.8 Å². The van der Waals surface area contributed by atoms with E-state index in [1.165, 1.54) is 12.3 Å². The highest BCUT2D eigenvalue weighted by Gasteiger charge is 2.33. The van der Waals surface area contributed by atoms with Crippen molar-refractivity contribution < 1.29 is 18.0 Å². The fourth-order valence-electron chi connectivity index (χ4n) is 4.41. The summed E-state index contributed by atoms with van der Waals surface area (Å²) in [5.74, 6) is -0.440. The first-order valence-corrected chi connectivity index (χ1v) is 11.2. The number of carbonyl (C=O) groups excluding carboxylic acids is 1. The molecule has 0 saturated carbocycles. The standard InChI is InChI=1S/C24H20ClF3N6O/c1-14-20(10-29-32(14)2)21-12-33(11-15-5-3-4-6-19(15)21)23(35)22-13-34(31-30-22)18-8-16(24(26,27)28)7-17(25)9-18/h3-10,13,21H,11-12H2,1-2H3. The normalized spacial score (nSPS) is 15.8. The van der Waals surface area contributed by atoms with Gasteiger partial charge in [-0.1, -0.05) is 41.1 Å². The van der Waals surface area contributed by atoms with Gasteiger partial charge in [-0.3, -0.25) is 9.48 Å². The van der Waals surface area contributed by atoms with Crippen LogP contribution in [0.3, 0.4) is 0 Å². The van der Waals surface area contributed by atoms with E-state index in [2.05, 4.69) is 21.5 Å². The molecule has 1 unspecified atom stereocenters. The highest BCUT2D eigenvalue weighted by Crippen LogP contribution is 2.36. The maximum absolute atomic E-state index is 13.4. The molecule has 1 aliphatic rings. The molecule has 0 aliphatic carbocycles. The number of nitrogens with zero attached hydrogens (tertiary/aromatic N) is 6. The van der Waals surface area contributed by atoms with Crippen LogP contribution < -0.4 is 0 Å². The first-order chi connectivity index (χ1) is 16.6. The maximum Gasteiger partial charge on any atom is 0.416 e. The van der Waals surface area contributed by atoms with E-state index in [0.29, 0.717) is 13.1 Å². The third kappa shape index (κ3) is 4.29. The van der Waals surface area contributed by atoms with Crippen LogP contribution >= 0.6 is 11.6 Å². The lowest BCUT2D eigenvalue weighted by Crippen LogP contribution is -2.39. The fraction of sp³-hybridized carbons (Fsp3) is 0.250. The van der Waals surface area contributed by atoms with Gasteiger partial charge >= 0.3 is 6.18 Å². The Hall–Kier alpha value is -3.66. The van der Waals surface area contributed by atoms with Crippen molar-refractivity contribution in [3.05, 3.63) is 93.5 Å². The second kappa shape index (κ2) is 8.53. The Labute approximate surface area is 203 Å². The van der Waals surface area contributed by atoms with Gasteiger partial charge in [0.2, 0.25) is 0 Å². The second-order valence-electron chi connectivity index (χ2n) is 8.49. The molecule has 0 radical (unpaired) electrons. The molecule has 1 atom stereocenters. The third-order valence-corrected chi connectivity index (χ3v) is 6.54. The predicted octanol–water partition coefficient (Wildman–Crippen LogP) is 4.77. The zero-order chi connectivity index (χ0) is 24.9. The van der Waals surface area contributed by atoms with E-state index >= 15 is 0 Å². The van der Waals surface area contributed by atoms with Crippen molar-refractivity contribution in [3.8, 4) is 5.69 Å². The molecule has 3 heterocycles. The number of benzene rings is 2. The van der Waals surface area contributed by atoms with Gasteiger partial charge in [0.05, 0.1) is 23.6 Å². The summed E-state index contributed by atoms with van der Waals surface area (Å²) in [5, 5.41) is 12.1. The summed E-state index contributed by atoms with van der Waals surface area (Å²) in [6.45, 7) is 2.77. The number of aryl methyl sites for hydroxylation is 1. The van der Waals surface area contributed by atoms with E-state index in [4.69, 9.17) is 11.6 Å². The fourth-order valence-corrected chi connectivity index (χ4v) is 4.63. The lowest BCUT2D eigenvalue weighted by atomic mass is 9.85. The molecule has 1 aliphatic heterocycles. The average Bonchev–Trinajstić information content (AvgIpc) is 3.44. The third-order valence-electron chi connectivity index (χ3n) is 6.32. The van der Waals surface area contributed by atoms with E-state index in [9.17, 15) is 18.0 Å². The quantitative estimate of drug-likeness (QED) is 0.406. The van der Waals surface area contributed by atoms with Crippen LogP contribution in [0, 0.1) is 6.92 Å². The summed E-state index contributed by atoms with van der Waals surface area (Å²) in [6, 6.07) is 11.0. The Morgan fingerprint density at radius 2 is 1.91 bits per heavy atom. The Bertz CT molecular complexity index is 1430. The van der Waals surface area contributed by atoms with Crippen LogP contribution in [0.25, 0.3) is 5.69 Å².